The largest absolute Gasteiger partial charge is 0.508 e. The second-order valence-electron chi connectivity index (χ2n) is 6.39. The molecule has 1 unspecified atom stereocenters. The number of hydrazine groups is 1. The number of rotatable bonds is 5. The number of methoxy groups -OCH3 is 1. The van der Waals surface area contributed by atoms with E-state index in [1.807, 2.05) is 6.92 Å². The zero-order valence-corrected chi connectivity index (χ0v) is 15.5. The summed E-state index contributed by atoms with van der Waals surface area (Å²) in [4.78, 5) is 16.6. The summed E-state index contributed by atoms with van der Waals surface area (Å²) < 4.78 is 18.5. The van der Waals surface area contributed by atoms with Crippen molar-refractivity contribution in [1.29, 1.82) is 0 Å². The fraction of sp³-hybridized carbons (Fsp3) is 0.263. The predicted octanol–water partition coefficient (Wildman–Crippen LogP) is 1.87. The highest BCUT2D eigenvalue weighted by Crippen LogP contribution is 2.27. The predicted molar refractivity (Wildman–Crippen MR) is 103 cm³/mol. The SMILES string of the molecule is COC[C@H](C)N/C(=N/C(=O)c1ccc(O)cc1)NC1NNc2cc(F)ccc21. The minimum absolute atomic E-state index is 0.0655. The molecule has 0 fully saturated rings. The summed E-state index contributed by atoms with van der Waals surface area (Å²) in [5, 5.41) is 15.6. The molecule has 0 aromatic heterocycles. The van der Waals surface area contributed by atoms with Gasteiger partial charge in [0.2, 0.25) is 5.96 Å². The number of benzene rings is 2. The van der Waals surface area contributed by atoms with Gasteiger partial charge in [-0.3, -0.25) is 4.79 Å². The molecule has 0 spiro atoms. The van der Waals surface area contributed by atoms with Crippen LogP contribution < -0.4 is 21.5 Å². The number of guanidine groups is 1. The average molecular weight is 387 g/mol. The van der Waals surface area contributed by atoms with E-state index in [0.29, 0.717) is 17.9 Å². The van der Waals surface area contributed by atoms with Crippen molar-refractivity contribution in [2.45, 2.75) is 19.1 Å². The van der Waals surface area contributed by atoms with Crippen molar-refractivity contribution in [2.24, 2.45) is 4.99 Å². The maximum absolute atomic E-state index is 13.4. The second-order valence-corrected chi connectivity index (χ2v) is 6.39. The van der Waals surface area contributed by atoms with Crippen LogP contribution in [0.4, 0.5) is 10.1 Å². The van der Waals surface area contributed by atoms with Gasteiger partial charge in [0, 0.05) is 24.3 Å². The van der Waals surface area contributed by atoms with Crippen LogP contribution in [0.15, 0.2) is 47.5 Å². The van der Waals surface area contributed by atoms with Crippen LogP contribution in [-0.4, -0.2) is 36.7 Å². The number of hydrogen-bond acceptors (Lipinski definition) is 5. The van der Waals surface area contributed by atoms with Crippen LogP contribution in [-0.2, 0) is 4.74 Å². The Bertz CT molecular complexity index is 872. The van der Waals surface area contributed by atoms with Crippen molar-refractivity contribution >= 4 is 17.6 Å². The number of phenolic OH excluding ortho intramolecular Hbond substituents is 1. The summed E-state index contributed by atoms with van der Waals surface area (Å²) in [6, 6.07) is 10.1. The molecule has 2 atom stereocenters. The van der Waals surface area contributed by atoms with E-state index in [2.05, 4.69) is 26.5 Å². The highest BCUT2D eigenvalue weighted by atomic mass is 19.1. The molecule has 9 heteroatoms. The number of phenols is 1. The van der Waals surface area contributed by atoms with Crippen molar-refractivity contribution in [3.8, 4) is 5.75 Å². The molecule has 2 aromatic carbocycles. The van der Waals surface area contributed by atoms with Gasteiger partial charge < -0.3 is 25.9 Å². The maximum Gasteiger partial charge on any atom is 0.280 e. The number of halogens is 1. The van der Waals surface area contributed by atoms with Crippen LogP contribution in [0.3, 0.4) is 0 Å². The summed E-state index contributed by atoms with van der Waals surface area (Å²) >= 11 is 0. The third-order valence-electron chi connectivity index (χ3n) is 4.09. The zero-order chi connectivity index (χ0) is 20.1. The average Bonchev–Trinajstić information content (AvgIpc) is 3.04. The molecule has 28 heavy (non-hydrogen) atoms. The normalized spacial score (nSPS) is 16.8. The lowest BCUT2D eigenvalue weighted by Gasteiger charge is -2.21. The number of ether oxygens (including phenoxy) is 1. The van der Waals surface area contributed by atoms with Crippen LogP contribution in [0.5, 0.6) is 5.75 Å². The summed E-state index contributed by atoms with van der Waals surface area (Å²) in [6.45, 7) is 2.29. The molecule has 1 amide bonds. The van der Waals surface area contributed by atoms with Gasteiger partial charge in [-0.25, -0.2) is 9.82 Å². The van der Waals surface area contributed by atoms with Crippen LogP contribution >= 0.6 is 0 Å². The van der Waals surface area contributed by atoms with Crippen molar-refractivity contribution < 1.29 is 19.0 Å². The minimum atomic E-state index is -0.482. The van der Waals surface area contributed by atoms with E-state index >= 15 is 0 Å². The molecule has 148 valence electrons. The molecule has 2 aromatic rings. The van der Waals surface area contributed by atoms with Gasteiger partial charge in [-0.05, 0) is 43.3 Å². The molecule has 1 heterocycles. The van der Waals surface area contributed by atoms with Gasteiger partial charge in [0.05, 0.1) is 12.3 Å². The number of aromatic hydroxyl groups is 1. The van der Waals surface area contributed by atoms with E-state index < -0.39 is 12.1 Å². The van der Waals surface area contributed by atoms with E-state index in [0.717, 1.165) is 5.56 Å². The molecule has 0 saturated carbocycles. The molecule has 1 aliphatic heterocycles. The fourth-order valence-electron chi connectivity index (χ4n) is 2.77. The summed E-state index contributed by atoms with van der Waals surface area (Å²) in [7, 11) is 1.58. The molecule has 5 N–H and O–H groups in total. The monoisotopic (exact) mass is 387 g/mol. The number of nitrogens with one attached hydrogen (secondary N) is 4. The lowest BCUT2D eigenvalue weighted by molar-refractivity contribution is 0.100. The molecule has 0 aliphatic carbocycles. The van der Waals surface area contributed by atoms with Crippen LogP contribution in [0.1, 0.15) is 29.0 Å². The van der Waals surface area contributed by atoms with Gasteiger partial charge in [-0.1, -0.05) is 6.07 Å². The smallest absolute Gasteiger partial charge is 0.280 e. The molecule has 0 saturated heterocycles. The van der Waals surface area contributed by atoms with Crippen molar-refractivity contribution in [3.05, 3.63) is 59.4 Å². The number of fused-ring (bicyclic) bond motifs is 1. The van der Waals surface area contributed by atoms with Crippen LogP contribution in [0, 0.1) is 5.82 Å². The Balaban J connectivity index is 1.81. The van der Waals surface area contributed by atoms with Crippen molar-refractivity contribution in [3.63, 3.8) is 0 Å². The first-order valence-electron chi connectivity index (χ1n) is 8.71. The Labute approximate surface area is 161 Å². The fourth-order valence-corrected chi connectivity index (χ4v) is 2.77. The van der Waals surface area contributed by atoms with Gasteiger partial charge >= 0.3 is 0 Å². The summed E-state index contributed by atoms with van der Waals surface area (Å²) in [6.07, 6.45) is -0.427. The quantitative estimate of drug-likeness (QED) is 0.394. The van der Waals surface area contributed by atoms with Gasteiger partial charge in [-0.15, -0.1) is 0 Å². The number of amides is 1. The highest BCUT2D eigenvalue weighted by molar-refractivity contribution is 6.02. The Morgan fingerprint density at radius 2 is 2.07 bits per heavy atom. The number of anilines is 1. The molecule has 0 radical (unpaired) electrons. The van der Waals surface area contributed by atoms with E-state index in [1.165, 1.54) is 36.4 Å². The summed E-state index contributed by atoms with van der Waals surface area (Å²) in [5.74, 6) is -0.531. The Hall–Kier alpha value is -3.17. The van der Waals surface area contributed by atoms with E-state index in [-0.39, 0.29) is 23.6 Å². The third kappa shape index (κ3) is 4.76. The number of carbonyl (C=O) groups excluding carboxylic acids is 1. The molecule has 3 rings (SSSR count). The minimum Gasteiger partial charge on any atom is -0.508 e. The first-order chi connectivity index (χ1) is 13.5. The molecule has 8 nitrogen and oxygen atoms in total. The maximum atomic E-state index is 13.4. The Kier molecular flexibility index (Phi) is 6.07. The van der Waals surface area contributed by atoms with Crippen molar-refractivity contribution in [2.75, 3.05) is 19.1 Å². The topological polar surface area (TPSA) is 107 Å². The number of aliphatic imine (C=N–C) groups is 1. The highest BCUT2D eigenvalue weighted by Gasteiger charge is 2.24. The number of nitrogens with zero attached hydrogens (tertiary/aromatic N) is 1. The van der Waals surface area contributed by atoms with E-state index in [1.54, 1.807) is 13.2 Å². The van der Waals surface area contributed by atoms with Crippen molar-refractivity contribution in [1.82, 2.24) is 16.1 Å². The Morgan fingerprint density at radius 3 is 2.79 bits per heavy atom. The lowest BCUT2D eigenvalue weighted by Crippen LogP contribution is -2.48. The van der Waals surface area contributed by atoms with E-state index in [9.17, 15) is 14.3 Å². The standard InChI is InChI=1S/C19H22FN5O3/c1-11(10-28-2)21-19(23-18(27)12-3-6-14(26)7-4-12)22-17-15-8-5-13(20)9-16(15)24-25-17/h3-9,11,17,24-26H,10H2,1-2H3,(H2,21,22,23,27)/t11-,17?/m0/s1. The lowest BCUT2D eigenvalue weighted by atomic mass is 10.1. The van der Waals surface area contributed by atoms with Gasteiger partial charge in [-0.2, -0.15) is 4.99 Å². The van der Waals surface area contributed by atoms with Gasteiger partial charge in [0.25, 0.3) is 5.91 Å². The van der Waals surface area contributed by atoms with Crippen LogP contribution in [0.25, 0.3) is 0 Å². The number of hydrogen-bond donors (Lipinski definition) is 5. The number of carbonyl (C=O) groups is 1. The zero-order valence-electron chi connectivity index (χ0n) is 15.5. The first kappa shape index (κ1) is 19.6. The summed E-state index contributed by atoms with van der Waals surface area (Å²) in [5.41, 5.74) is 7.59. The van der Waals surface area contributed by atoms with Gasteiger partial charge in [0.15, 0.2) is 0 Å². The molecular formula is C19H22FN5O3. The molecule has 0 bridgehead atoms. The third-order valence-corrected chi connectivity index (χ3v) is 4.09. The van der Waals surface area contributed by atoms with E-state index in [4.69, 9.17) is 4.74 Å². The molecular weight excluding hydrogens is 365 g/mol. The van der Waals surface area contributed by atoms with Gasteiger partial charge in [0.1, 0.15) is 17.7 Å². The second kappa shape index (κ2) is 8.68. The Morgan fingerprint density at radius 1 is 1.32 bits per heavy atom. The first-order valence-corrected chi connectivity index (χ1v) is 8.71. The molecule has 1 aliphatic rings. The van der Waals surface area contributed by atoms with Crippen LogP contribution in [0.2, 0.25) is 0 Å².